The highest BCUT2D eigenvalue weighted by molar-refractivity contribution is 5.39. The Morgan fingerprint density at radius 2 is 2.16 bits per heavy atom. The summed E-state index contributed by atoms with van der Waals surface area (Å²) in [6, 6.07) is 7.26. The summed E-state index contributed by atoms with van der Waals surface area (Å²) in [5.41, 5.74) is 0.952. The molecule has 1 aromatic rings. The molecule has 1 aliphatic heterocycles. The van der Waals surface area contributed by atoms with Gasteiger partial charge in [0, 0.05) is 30.8 Å². The summed E-state index contributed by atoms with van der Waals surface area (Å²) in [6.07, 6.45) is 4.13. The molecule has 104 valence electrons. The van der Waals surface area contributed by atoms with Crippen LogP contribution in [0.5, 0.6) is 0 Å². The van der Waals surface area contributed by atoms with E-state index in [-0.39, 0.29) is 17.2 Å². The largest absolute Gasteiger partial charge is 0.396 e. The van der Waals surface area contributed by atoms with Gasteiger partial charge in [0.15, 0.2) is 0 Å². The molecule has 0 aromatic heterocycles. The van der Waals surface area contributed by atoms with Gasteiger partial charge in [0.1, 0.15) is 0 Å². The number of hydrogen-bond acceptors (Lipinski definition) is 4. The molecule has 1 heterocycles. The number of aliphatic hydroxyl groups excluding tert-OH is 1. The molecule has 0 saturated carbocycles. The molecule has 0 unspecified atom stereocenters. The van der Waals surface area contributed by atoms with Crippen molar-refractivity contribution < 1.29 is 10.0 Å². The molecule has 1 saturated heterocycles. The average Bonchev–Trinajstić information content (AvgIpc) is 2.42. The smallest absolute Gasteiger partial charge is 0.273 e. The van der Waals surface area contributed by atoms with Gasteiger partial charge in [-0.15, -0.1) is 0 Å². The highest BCUT2D eigenvalue weighted by Crippen LogP contribution is 2.25. The first-order valence-electron chi connectivity index (χ1n) is 6.79. The molecule has 0 radical (unpaired) electrons. The maximum absolute atomic E-state index is 11.0. The summed E-state index contributed by atoms with van der Waals surface area (Å²) in [6.45, 7) is 1.73. The Labute approximate surface area is 113 Å². The number of para-hydroxylation sites is 1. The van der Waals surface area contributed by atoms with E-state index in [0.29, 0.717) is 12.6 Å². The van der Waals surface area contributed by atoms with E-state index in [2.05, 4.69) is 4.90 Å². The maximum atomic E-state index is 11.0. The van der Waals surface area contributed by atoms with Crippen molar-refractivity contribution in [2.45, 2.75) is 38.3 Å². The van der Waals surface area contributed by atoms with Gasteiger partial charge in [-0.05, 0) is 25.8 Å². The van der Waals surface area contributed by atoms with Crippen LogP contribution in [0.1, 0.15) is 31.2 Å². The van der Waals surface area contributed by atoms with Gasteiger partial charge in [0.25, 0.3) is 5.69 Å². The first kappa shape index (κ1) is 14.0. The zero-order valence-corrected chi connectivity index (χ0v) is 11.0. The molecule has 0 aliphatic carbocycles. The van der Waals surface area contributed by atoms with Crippen molar-refractivity contribution in [3.8, 4) is 0 Å². The van der Waals surface area contributed by atoms with Gasteiger partial charge in [-0.3, -0.25) is 15.0 Å². The Kier molecular flexibility index (Phi) is 4.87. The first-order valence-corrected chi connectivity index (χ1v) is 6.79. The van der Waals surface area contributed by atoms with E-state index >= 15 is 0 Å². The fourth-order valence-corrected chi connectivity index (χ4v) is 2.79. The summed E-state index contributed by atoms with van der Waals surface area (Å²) in [5, 5.41) is 20.1. The third-order valence-corrected chi connectivity index (χ3v) is 3.77. The van der Waals surface area contributed by atoms with Crippen LogP contribution in [0.25, 0.3) is 0 Å². The first-order chi connectivity index (χ1) is 9.22. The number of benzene rings is 1. The highest BCUT2D eigenvalue weighted by Gasteiger charge is 2.24. The van der Waals surface area contributed by atoms with E-state index < -0.39 is 0 Å². The Balaban J connectivity index is 2.12. The molecule has 0 amide bonds. The lowest BCUT2D eigenvalue weighted by atomic mass is 9.98. The average molecular weight is 264 g/mol. The van der Waals surface area contributed by atoms with Crippen LogP contribution >= 0.6 is 0 Å². The standard InChI is InChI=1S/C14H20N2O3/c17-10-8-13-6-3-4-9-15(13)11-12-5-1-2-7-14(12)16(18)19/h1-2,5,7,13,17H,3-4,6,8-11H2/t13-/m1/s1. The summed E-state index contributed by atoms with van der Waals surface area (Å²) in [5.74, 6) is 0. The lowest BCUT2D eigenvalue weighted by Gasteiger charge is -2.35. The topological polar surface area (TPSA) is 66.6 Å². The molecule has 1 fully saturated rings. The van der Waals surface area contributed by atoms with Crippen molar-refractivity contribution >= 4 is 5.69 Å². The zero-order chi connectivity index (χ0) is 13.7. The summed E-state index contributed by atoms with van der Waals surface area (Å²) >= 11 is 0. The van der Waals surface area contributed by atoms with E-state index in [0.717, 1.165) is 31.4 Å². The Morgan fingerprint density at radius 3 is 2.89 bits per heavy atom. The van der Waals surface area contributed by atoms with Crippen LogP contribution in [0.15, 0.2) is 24.3 Å². The predicted octanol–water partition coefficient (Wildman–Crippen LogP) is 2.33. The van der Waals surface area contributed by atoms with Crippen molar-refractivity contribution in [1.82, 2.24) is 4.90 Å². The van der Waals surface area contributed by atoms with Gasteiger partial charge in [-0.25, -0.2) is 0 Å². The number of nitro groups is 1. The molecule has 1 N–H and O–H groups in total. The minimum absolute atomic E-state index is 0.179. The van der Waals surface area contributed by atoms with Gasteiger partial charge in [-0.1, -0.05) is 24.6 Å². The van der Waals surface area contributed by atoms with Crippen LogP contribution in [0.4, 0.5) is 5.69 Å². The van der Waals surface area contributed by atoms with Gasteiger partial charge in [-0.2, -0.15) is 0 Å². The lowest BCUT2D eigenvalue weighted by molar-refractivity contribution is -0.385. The van der Waals surface area contributed by atoms with Crippen molar-refractivity contribution in [1.29, 1.82) is 0 Å². The van der Waals surface area contributed by atoms with Gasteiger partial charge in [0.2, 0.25) is 0 Å². The Bertz CT molecular complexity index is 434. The van der Waals surface area contributed by atoms with E-state index in [1.807, 2.05) is 12.1 Å². The van der Waals surface area contributed by atoms with Crippen molar-refractivity contribution in [2.24, 2.45) is 0 Å². The van der Waals surface area contributed by atoms with E-state index in [9.17, 15) is 10.1 Å². The number of piperidine rings is 1. The second kappa shape index (κ2) is 6.63. The second-order valence-corrected chi connectivity index (χ2v) is 5.02. The van der Waals surface area contributed by atoms with E-state index in [1.165, 1.54) is 6.42 Å². The highest BCUT2D eigenvalue weighted by atomic mass is 16.6. The van der Waals surface area contributed by atoms with Crippen LogP contribution in [0.2, 0.25) is 0 Å². The van der Waals surface area contributed by atoms with Crippen LogP contribution in [0, 0.1) is 10.1 Å². The number of nitro benzene ring substituents is 1. The fraction of sp³-hybridized carbons (Fsp3) is 0.571. The number of likely N-dealkylation sites (tertiary alicyclic amines) is 1. The van der Waals surface area contributed by atoms with E-state index in [1.54, 1.807) is 12.1 Å². The molecule has 2 rings (SSSR count). The number of rotatable bonds is 5. The third kappa shape index (κ3) is 3.52. The number of nitrogens with zero attached hydrogens (tertiary/aromatic N) is 2. The molecule has 1 aromatic carbocycles. The minimum atomic E-state index is -0.319. The normalized spacial score (nSPS) is 20.4. The summed E-state index contributed by atoms with van der Waals surface area (Å²) in [7, 11) is 0. The van der Waals surface area contributed by atoms with Gasteiger partial charge >= 0.3 is 0 Å². The molecule has 5 nitrogen and oxygen atoms in total. The van der Waals surface area contributed by atoms with Crippen molar-refractivity contribution in [3.63, 3.8) is 0 Å². The number of aliphatic hydroxyl groups is 1. The predicted molar refractivity (Wildman–Crippen MR) is 72.8 cm³/mol. The second-order valence-electron chi connectivity index (χ2n) is 5.02. The maximum Gasteiger partial charge on any atom is 0.273 e. The fourth-order valence-electron chi connectivity index (χ4n) is 2.79. The van der Waals surface area contributed by atoms with Crippen molar-refractivity contribution in [3.05, 3.63) is 39.9 Å². The molecule has 0 bridgehead atoms. The zero-order valence-electron chi connectivity index (χ0n) is 11.0. The molecular formula is C14H20N2O3. The van der Waals surface area contributed by atoms with Crippen molar-refractivity contribution in [2.75, 3.05) is 13.2 Å². The molecule has 0 spiro atoms. The number of hydrogen-bond donors (Lipinski definition) is 1. The van der Waals surface area contributed by atoms with Crippen LogP contribution in [0.3, 0.4) is 0 Å². The van der Waals surface area contributed by atoms with Gasteiger partial charge in [0.05, 0.1) is 4.92 Å². The lowest BCUT2D eigenvalue weighted by Crippen LogP contribution is -2.39. The quantitative estimate of drug-likeness (QED) is 0.654. The van der Waals surface area contributed by atoms with Crippen LogP contribution < -0.4 is 0 Å². The minimum Gasteiger partial charge on any atom is -0.396 e. The van der Waals surface area contributed by atoms with Gasteiger partial charge < -0.3 is 5.11 Å². The summed E-state index contributed by atoms with van der Waals surface area (Å²) < 4.78 is 0. The molecule has 1 atom stereocenters. The Hall–Kier alpha value is -1.46. The molecular weight excluding hydrogens is 244 g/mol. The Morgan fingerprint density at radius 1 is 1.37 bits per heavy atom. The third-order valence-electron chi connectivity index (χ3n) is 3.77. The van der Waals surface area contributed by atoms with E-state index in [4.69, 9.17) is 5.11 Å². The van der Waals surface area contributed by atoms with Crippen LogP contribution in [-0.4, -0.2) is 34.1 Å². The SMILES string of the molecule is O=[N+]([O-])c1ccccc1CN1CCCC[C@@H]1CCO. The molecule has 19 heavy (non-hydrogen) atoms. The molecule has 1 aliphatic rings. The van der Waals surface area contributed by atoms with Crippen LogP contribution in [-0.2, 0) is 6.54 Å². The monoisotopic (exact) mass is 264 g/mol. The summed E-state index contributed by atoms with van der Waals surface area (Å²) in [4.78, 5) is 13.0. The molecule has 5 heteroatoms.